The van der Waals surface area contributed by atoms with Gasteiger partial charge in [0.25, 0.3) is 15.9 Å². The highest BCUT2D eigenvalue weighted by atomic mass is 32.2. The van der Waals surface area contributed by atoms with Crippen LogP contribution < -0.4 is 10.0 Å². The van der Waals surface area contributed by atoms with Gasteiger partial charge in [0.05, 0.1) is 4.90 Å². The first-order valence-electron chi connectivity index (χ1n) is 5.93. The topological polar surface area (TPSA) is 75.3 Å². The fourth-order valence-corrected chi connectivity index (χ4v) is 2.60. The Morgan fingerprint density at radius 2 is 1.55 bits per heavy atom. The zero-order valence-electron chi connectivity index (χ0n) is 10.8. The van der Waals surface area contributed by atoms with Gasteiger partial charge in [-0.2, -0.15) is 0 Å². The minimum atomic E-state index is -3.86. The molecule has 0 aliphatic rings. The summed E-state index contributed by atoms with van der Waals surface area (Å²) in [5, 5.41) is 2.89. The Labute approximate surface area is 117 Å². The lowest BCUT2D eigenvalue weighted by Crippen LogP contribution is -2.30. The van der Waals surface area contributed by atoms with Crippen LogP contribution in [-0.4, -0.2) is 21.4 Å². The number of nitrogens with one attached hydrogen (secondary N) is 2. The average Bonchev–Trinajstić information content (AvgIpc) is 2.48. The van der Waals surface area contributed by atoms with Crippen LogP contribution in [0.2, 0.25) is 0 Å². The van der Waals surface area contributed by atoms with Gasteiger partial charge in [-0.1, -0.05) is 18.2 Å². The van der Waals surface area contributed by atoms with E-state index >= 15 is 0 Å². The van der Waals surface area contributed by atoms with Crippen molar-refractivity contribution in [2.45, 2.75) is 4.90 Å². The van der Waals surface area contributed by atoms with Gasteiger partial charge in [-0.15, -0.1) is 0 Å². The van der Waals surface area contributed by atoms with Crippen LogP contribution in [0.3, 0.4) is 0 Å². The van der Waals surface area contributed by atoms with Crippen LogP contribution in [0.25, 0.3) is 0 Å². The van der Waals surface area contributed by atoms with E-state index in [0.29, 0.717) is 5.56 Å². The highest BCUT2D eigenvalue weighted by Gasteiger charge is 2.18. The molecule has 2 aromatic carbocycles. The van der Waals surface area contributed by atoms with Gasteiger partial charge in [-0.05, 0) is 36.4 Å². The maximum Gasteiger partial charge on any atom is 0.264 e. The predicted octanol–water partition coefficient (Wildman–Crippen LogP) is 1.85. The van der Waals surface area contributed by atoms with Gasteiger partial charge >= 0.3 is 0 Å². The first kappa shape index (κ1) is 14.1. The van der Waals surface area contributed by atoms with Crippen LogP contribution in [0.4, 0.5) is 5.69 Å². The highest BCUT2D eigenvalue weighted by molar-refractivity contribution is 7.90. The zero-order chi connectivity index (χ0) is 14.6. The minimum absolute atomic E-state index is 0.0424. The number of rotatable bonds is 4. The van der Waals surface area contributed by atoms with Crippen LogP contribution in [-0.2, 0) is 10.0 Å². The molecule has 5 nitrogen and oxygen atoms in total. The van der Waals surface area contributed by atoms with Gasteiger partial charge in [0.2, 0.25) is 0 Å². The molecule has 0 spiro atoms. The number of carbonyl (C=O) groups is 1. The van der Waals surface area contributed by atoms with Gasteiger partial charge in [0.1, 0.15) is 0 Å². The van der Waals surface area contributed by atoms with E-state index in [4.69, 9.17) is 0 Å². The molecule has 0 radical (unpaired) electrons. The van der Waals surface area contributed by atoms with Crippen LogP contribution in [0.5, 0.6) is 0 Å². The first-order chi connectivity index (χ1) is 9.53. The fourth-order valence-electron chi connectivity index (χ4n) is 1.63. The molecule has 0 atom stereocenters. The van der Waals surface area contributed by atoms with E-state index < -0.39 is 15.9 Å². The molecule has 6 heteroatoms. The largest absolute Gasteiger partial charge is 0.388 e. The van der Waals surface area contributed by atoms with Crippen molar-refractivity contribution in [2.75, 3.05) is 12.4 Å². The number of hydrogen-bond acceptors (Lipinski definition) is 4. The van der Waals surface area contributed by atoms with Gasteiger partial charge in [-0.25, -0.2) is 13.1 Å². The summed E-state index contributed by atoms with van der Waals surface area (Å²) in [4.78, 5) is 11.9. The van der Waals surface area contributed by atoms with Gasteiger partial charge in [0.15, 0.2) is 0 Å². The summed E-state index contributed by atoms with van der Waals surface area (Å²) in [5.74, 6) is -0.650. The lowest BCUT2D eigenvalue weighted by molar-refractivity contribution is 0.0981. The van der Waals surface area contributed by atoms with E-state index in [1.807, 2.05) is 4.72 Å². The molecule has 0 saturated heterocycles. The second-order valence-electron chi connectivity index (χ2n) is 4.08. The number of carbonyl (C=O) groups excluding carboxylic acids is 1. The van der Waals surface area contributed by atoms with Crippen molar-refractivity contribution in [3.05, 3.63) is 60.2 Å². The maximum absolute atomic E-state index is 12.1. The van der Waals surface area contributed by atoms with Crippen LogP contribution in [0, 0.1) is 0 Å². The Bertz CT molecular complexity index is 695. The van der Waals surface area contributed by atoms with Crippen LogP contribution in [0.1, 0.15) is 10.4 Å². The van der Waals surface area contributed by atoms with E-state index in [9.17, 15) is 13.2 Å². The quantitative estimate of drug-likeness (QED) is 0.901. The lowest BCUT2D eigenvalue weighted by Gasteiger charge is -2.07. The summed E-state index contributed by atoms with van der Waals surface area (Å²) in [5.41, 5.74) is 1.08. The summed E-state index contributed by atoms with van der Waals surface area (Å²) in [6.07, 6.45) is 0. The second kappa shape index (κ2) is 5.75. The molecule has 0 heterocycles. The molecule has 104 valence electrons. The molecule has 2 aromatic rings. The van der Waals surface area contributed by atoms with Crippen molar-refractivity contribution in [3.8, 4) is 0 Å². The molecular weight excluding hydrogens is 276 g/mol. The van der Waals surface area contributed by atoms with Crippen molar-refractivity contribution < 1.29 is 13.2 Å². The number of benzene rings is 2. The Kier molecular flexibility index (Phi) is 4.05. The van der Waals surface area contributed by atoms with E-state index in [-0.39, 0.29) is 4.90 Å². The first-order valence-corrected chi connectivity index (χ1v) is 7.41. The molecule has 2 rings (SSSR count). The Morgan fingerprint density at radius 3 is 2.10 bits per heavy atom. The van der Waals surface area contributed by atoms with Crippen molar-refractivity contribution in [1.29, 1.82) is 0 Å². The monoisotopic (exact) mass is 290 g/mol. The van der Waals surface area contributed by atoms with E-state index in [1.165, 1.54) is 12.1 Å². The summed E-state index contributed by atoms with van der Waals surface area (Å²) < 4.78 is 26.2. The summed E-state index contributed by atoms with van der Waals surface area (Å²) in [6, 6.07) is 14.3. The Hall–Kier alpha value is -2.34. The summed E-state index contributed by atoms with van der Waals surface area (Å²) in [7, 11) is -2.12. The van der Waals surface area contributed by atoms with Gasteiger partial charge < -0.3 is 5.32 Å². The molecule has 1 amide bonds. The molecule has 0 saturated carbocycles. The molecule has 0 aromatic heterocycles. The highest BCUT2D eigenvalue weighted by Crippen LogP contribution is 2.13. The molecule has 0 bridgehead atoms. The molecule has 0 aliphatic heterocycles. The Balaban J connectivity index is 2.20. The third kappa shape index (κ3) is 3.16. The van der Waals surface area contributed by atoms with Gasteiger partial charge in [0, 0.05) is 18.3 Å². The van der Waals surface area contributed by atoms with Crippen LogP contribution in [0.15, 0.2) is 59.5 Å². The smallest absolute Gasteiger partial charge is 0.264 e. The predicted molar refractivity (Wildman–Crippen MR) is 77.1 cm³/mol. The van der Waals surface area contributed by atoms with Crippen molar-refractivity contribution in [2.24, 2.45) is 0 Å². The van der Waals surface area contributed by atoms with Crippen LogP contribution >= 0.6 is 0 Å². The molecule has 20 heavy (non-hydrogen) atoms. The van der Waals surface area contributed by atoms with E-state index in [0.717, 1.165) is 5.69 Å². The van der Waals surface area contributed by atoms with Crippen molar-refractivity contribution in [3.63, 3.8) is 0 Å². The molecular formula is C14H14N2O3S. The van der Waals surface area contributed by atoms with Gasteiger partial charge in [-0.3, -0.25) is 4.79 Å². The third-order valence-corrected chi connectivity index (χ3v) is 4.06. The summed E-state index contributed by atoms with van der Waals surface area (Å²) in [6.45, 7) is 0. The third-order valence-electron chi connectivity index (χ3n) is 2.72. The molecule has 0 aliphatic carbocycles. The minimum Gasteiger partial charge on any atom is -0.388 e. The summed E-state index contributed by atoms with van der Waals surface area (Å²) >= 11 is 0. The normalized spacial score (nSPS) is 10.8. The van der Waals surface area contributed by atoms with Crippen molar-refractivity contribution >= 4 is 21.6 Å². The maximum atomic E-state index is 12.1. The molecule has 0 fully saturated rings. The number of sulfonamides is 1. The molecule has 2 N–H and O–H groups in total. The Morgan fingerprint density at radius 1 is 0.950 bits per heavy atom. The molecule has 0 unspecified atom stereocenters. The second-order valence-corrected chi connectivity index (χ2v) is 5.76. The van der Waals surface area contributed by atoms with E-state index in [2.05, 4.69) is 5.32 Å². The lowest BCUT2D eigenvalue weighted by atomic mass is 10.2. The fraction of sp³-hybridized carbons (Fsp3) is 0.0714. The number of anilines is 1. The standard InChI is InChI=1S/C14H14N2O3S/c1-15-12-7-9-13(10-8-12)20(18,19)16-14(17)11-5-3-2-4-6-11/h2-10,15H,1H3,(H,16,17). The average molecular weight is 290 g/mol. The zero-order valence-corrected chi connectivity index (χ0v) is 11.6. The number of hydrogen-bond donors (Lipinski definition) is 2. The number of amides is 1. The SMILES string of the molecule is CNc1ccc(S(=O)(=O)NC(=O)c2ccccc2)cc1. The van der Waals surface area contributed by atoms with Crippen molar-refractivity contribution in [1.82, 2.24) is 4.72 Å². The van der Waals surface area contributed by atoms with E-state index in [1.54, 1.807) is 49.5 Å².